The Morgan fingerprint density at radius 1 is 0.929 bits per heavy atom. The number of hydrogen-bond acceptors (Lipinski definition) is 5. The second kappa shape index (κ2) is 8.77. The molecule has 0 saturated carbocycles. The molecular weight excluding hydrogens is 356 g/mol. The second-order valence-corrected chi connectivity index (χ2v) is 6.15. The van der Waals surface area contributed by atoms with Crippen molar-refractivity contribution in [2.24, 2.45) is 0 Å². The molecule has 0 atom stereocenters. The minimum Gasteiger partial charge on any atom is -0.438 e. The van der Waals surface area contributed by atoms with Gasteiger partial charge in [-0.15, -0.1) is 0 Å². The van der Waals surface area contributed by atoms with E-state index in [0.29, 0.717) is 5.75 Å². The highest BCUT2D eigenvalue weighted by atomic mass is 16.5. The van der Waals surface area contributed by atoms with Gasteiger partial charge in [-0.2, -0.15) is 0 Å². The van der Waals surface area contributed by atoms with E-state index in [-0.39, 0.29) is 24.0 Å². The van der Waals surface area contributed by atoms with Gasteiger partial charge in [0.2, 0.25) is 11.8 Å². The molecule has 0 saturated heterocycles. The zero-order valence-electron chi connectivity index (χ0n) is 15.6. The molecule has 0 aliphatic rings. The summed E-state index contributed by atoms with van der Waals surface area (Å²) < 4.78 is 5.53. The van der Waals surface area contributed by atoms with Crippen molar-refractivity contribution in [3.05, 3.63) is 77.7 Å². The first kappa shape index (κ1) is 19.0. The fraction of sp³-hybridized carbons (Fsp3) is 0.143. The first-order chi connectivity index (χ1) is 13.5. The van der Waals surface area contributed by atoms with Crippen LogP contribution in [-0.4, -0.2) is 28.3 Å². The van der Waals surface area contributed by atoms with Gasteiger partial charge in [-0.3, -0.25) is 9.59 Å². The van der Waals surface area contributed by atoms with E-state index in [4.69, 9.17) is 4.74 Å². The van der Waals surface area contributed by atoms with E-state index in [2.05, 4.69) is 20.6 Å². The quantitative estimate of drug-likeness (QED) is 0.689. The number of anilines is 1. The lowest BCUT2D eigenvalue weighted by Crippen LogP contribution is -2.33. The predicted molar refractivity (Wildman–Crippen MR) is 105 cm³/mol. The Balaban J connectivity index is 1.54. The van der Waals surface area contributed by atoms with Crippen molar-refractivity contribution in [1.29, 1.82) is 0 Å². The van der Waals surface area contributed by atoms with Crippen molar-refractivity contribution in [1.82, 2.24) is 15.3 Å². The van der Waals surface area contributed by atoms with Crippen LogP contribution in [0.25, 0.3) is 0 Å². The summed E-state index contributed by atoms with van der Waals surface area (Å²) in [5, 5.41) is 5.34. The van der Waals surface area contributed by atoms with E-state index in [1.54, 1.807) is 12.1 Å². The molecule has 1 aromatic heterocycles. The van der Waals surface area contributed by atoms with Crippen LogP contribution in [0.4, 0.5) is 5.69 Å². The summed E-state index contributed by atoms with van der Waals surface area (Å²) in [4.78, 5) is 32.4. The number of para-hydroxylation sites is 2. The zero-order valence-corrected chi connectivity index (χ0v) is 15.6. The summed E-state index contributed by atoms with van der Waals surface area (Å²) in [7, 11) is 0. The second-order valence-electron chi connectivity index (χ2n) is 6.15. The number of nitrogens with zero attached hydrogens (tertiary/aromatic N) is 2. The minimum absolute atomic E-state index is 0.0975. The van der Waals surface area contributed by atoms with Gasteiger partial charge in [0.1, 0.15) is 11.4 Å². The molecule has 0 radical (unpaired) electrons. The van der Waals surface area contributed by atoms with Crippen LogP contribution in [-0.2, 0) is 4.79 Å². The normalized spacial score (nSPS) is 10.2. The number of rotatable bonds is 6. The molecule has 28 heavy (non-hydrogen) atoms. The number of aryl methyl sites for hydroxylation is 2. The third-order valence-electron chi connectivity index (χ3n) is 3.98. The highest BCUT2D eigenvalue weighted by Gasteiger charge is 2.12. The Morgan fingerprint density at radius 2 is 1.64 bits per heavy atom. The summed E-state index contributed by atoms with van der Waals surface area (Å²) in [6.07, 6.45) is 2.66. The van der Waals surface area contributed by atoms with E-state index in [1.807, 2.05) is 50.2 Å². The highest BCUT2D eigenvalue weighted by Crippen LogP contribution is 2.19. The van der Waals surface area contributed by atoms with Crippen LogP contribution in [0.15, 0.2) is 60.9 Å². The molecule has 3 rings (SSSR count). The Labute approximate surface area is 162 Å². The molecule has 2 N–H and O–H groups in total. The molecule has 2 amide bonds. The van der Waals surface area contributed by atoms with Gasteiger partial charge in [-0.05, 0) is 37.1 Å². The van der Waals surface area contributed by atoms with Crippen LogP contribution in [0.5, 0.6) is 11.6 Å². The largest absolute Gasteiger partial charge is 0.438 e. The third-order valence-corrected chi connectivity index (χ3v) is 3.98. The fourth-order valence-corrected chi connectivity index (χ4v) is 2.54. The lowest BCUT2D eigenvalue weighted by atomic mass is 10.1. The van der Waals surface area contributed by atoms with Crippen LogP contribution >= 0.6 is 0 Å². The summed E-state index contributed by atoms with van der Waals surface area (Å²) in [6, 6.07) is 14.9. The van der Waals surface area contributed by atoms with E-state index >= 15 is 0 Å². The lowest BCUT2D eigenvalue weighted by Gasteiger charge is -2.11. The van der Waals surface area contributed by atoms with Crippen LogP contribution in [0.2, 0.25) is 0 Å². The monoisotopic (exact) mass is 376 g/mol. The van der Waals surface area contributed by atoms with E-state index < -0.39 is 5.91 Å². The van der Waals surface area contributed by atoms with Crippen molar-refractivity contribution in [3.8, 4) is 11.6 Å². The lowest BCUT2D eigenvalue weighted by molar-refractivity contribution is -0.115. The first-order valence-corrected chi connectivity index (χ1v) is 8.72. The molecule has 0 fully saturated rings. The van der Waals surface area contributed by atoms with Gasteiger partial charge in [0, 0.05) is 5.69 Å². The van der Waals surface area contributed by atoms with Gasteiger partial charge >= 0.3 is 0 Å². The van der Waals surface area contributed by atoms with Crippen molar-refractivity contribution in [2.75, 3.05) is 11.9 Å². The van der Waals surface area contributed by atoms with Gasteiger partial charge in [0.15, 0.2) is 0 Å². The molecular formula is C21H20N4O3. The van der Waals surface area contributed by atoms with Crippen LogP contribution in [0.3, 0.4) is 0 Å². The Bertz CT molecular complexity index is 952. The highest BCUT2D eigenvalue weighted by molar-refractivity contribution is 5.98. The average Bonchev–Trinajstić information content (AvgIpc) is 2.70. The van der Waals surface area contributed by atoms with Gasteiger partial charge in [0.05, 0.1) is 18.9 Å². The van der Waals surface area contributed by atoms with Crippen LogP contribution < -0.4 is 15.4 Å². The topological polar surface area (TPSA) is 93.2 Å². The maximum atomic E-state index is 12.2. The molecule has 0 aliphatic carbocycles. The van der Waals surface area contributed by atoms with Crippen LogP contribution in [0.1, 0.15) is 21.6 Å². The molecule has 1 heterocycles. The molecule has 0 spiro atoms. The number of benzene rings is 2. The van der Waals surface area contributed by atoms with Crippen molar-refractivity contribution in [3.63, 3.8) is 0 Å². The van der Waals surface area contributed by atoms with Crippen molar-refractivity contribution < 1.29 is 14.3 Å². The smallest absolute Gasteiger partial charge is 0.271 e. The van der Waals surface area contributed by atoms with Gasteiger partial charge in [-0.1, -0.05) is 36.4 Å². The van der Waals surface area contributed by atoms with Crippen molar-refractivity contribution in [2.45, 2.75) is 13.8 Å². The van der Waals surface area contributed by atoms with Gasteiger partial charge < -0.3 is 15.4 Å². The number of aromatic nitrogens is 2. The summed E-state index contributed by atoms with van der Waals surface area (Å²) in [5.41, 5.74) is 2.77. The number of carbonyl (C=O) groups is 2. The maximum Gasteiger partial charge on any atom is 0.271 e. The number of ether oxygens (including phenoxy) is 1. The molecule has 0 aliphatic heterocycles. The van der Waals surface area contributed by atoms with E-state index in [9.17, 15) is 9.59 Å². The van der Waals surface area contributed by atoms with E-state index in [0.717, 1.165) is 16.8 Å². The summed E-state index contributed by atoms with van der Waals surface area (Å²) in [6.45, 7) is 3.66. The standard InChI is InChI=1S/C21H20N4O3/c1-14-7-6-8-15(2)20(14)25-18(26)12-24-21(27)17-11-23-19(13-22-17)28-16-9-4-3-5-10-16/h3-11,13H,12H2,1-2H3,(H,24,27)(H,25,26). The third kappa shape index (κ3) is 4.91. The molecule has 3 aromatic rings. The fourth-order valence-electron chi connectivity index (χ4n) is 2.54. The molecule has 7 nitrogen and oxygen atoms in total. The first-order valence-electron chi connectivity index (χ1n) is 8.72. The SMILES string of the molecule is Cc1cccc(C)c1NC(=O)CNC(=O)c1cnc(Oc2ccccc2)cn1. The Kier molecular flexibility index (Phi) is 5.96. The molecule has 2 aromatic carbocycles. The average molecular weight is 376 g/mol. The number of amides is 2. The number of hydrogen-bond donors (Lipinski definition) is 2. The summed E-state index contributed by atoms with van der Waals surface area (Å²) >= 11 is 0. The maximum absolute atomic E-state index is 12.2. The Morgan fingerprint density at radius 3 is 2.29 bits per heavy atom. The number of nitrogens with one attached hydrogen (secondary N) is 2. The minimum atomic E-state index is -0.490. The van der Waals surface area contributed by atoms with Gasteiger partial charge in [0.25, 0.3) is 5.91 Å². The van der Waals surface area contributed by atoms with Crippen LogP contribution in [0, 0.1) is 13.8 Å². The number of carbonyl (C=O) groups excluding carboxylic acids is 2. The molecule has 7 heteroatoms. The molecule has 0 unspecified atom stereocenters. The molecule has 0 bridgehead atoms. The predicted octanol–water partition coefficient (Wildman–Crippen LogP) is 3.25. The zero-order chi connectivity index (χ0) is 19.9. The molecule has 142 valence electrons. The van der Waals surface area contributed by atoms with Crippen molar-refractivity contribution >= 4 is 17.5 Å². The summed E-state index contributed by atoms with van der Waals surface area (Å²) in [5.74, 6) is 0.0887. The van der Waals surface area contributed by atoms with Gasteiger partial charge in [-0.25, -0.2) is 9.97 Å². The Hall–Kier alpha value is -3.74. The van der Waals surface area contributed by atoms with E-state index in [1.165, 1.54) is 12.4 Å².